The second-order valence-electron chi connectivity index (χ2n) is 8.14. The van der Waals surface area contributed by atoms with Crippen LogP contribution in [0.3, 0.4) is 0 Å². The lowest BCUT2D eigenvalue weighted by atomic mass is 10.0. The summed E-state index contributed by atoms with van der Waals surface area (Å²) in [4.78, 5) is 29.2. The third-order valence-corrected chi connectivity index (χ3v) is 5.52. The Bertz CT molecular complexity index is 1110. The van der Waals surface area contributed by atoms with Crippen LogP contribution in [0.25, 0.3) is 0 Å². The molecule has 3 amide bonds. The van der Waals surface area contributed by atoms with Gasteiger partial charge in [0, 0.05) is 18.3 Å². The molecule has 0 aliphatic carbocycles. The van der Waals surface area contributed by atoms with Crippen molar-refractivity contribution in [1.82, 2.24) is 19.8 Å². The van der Waals surface area contributed by atoms with Crippen LogP contribution in [0.2, 0.25) is 0 Å². The maximum atomic E-state index is 13.3. The predicted molar refractivity (Wildman–Crippen MR) is 112 cm³/mol. The largest absolute Gasteiger partial charge is 0.508 e. The molecule has 0 spiro atoms. The molecule has 4 rings (SSSR count). The summed E-state index contributed by atoms with van der Waals surface area (Å²) in [7, 11) is 0. The standard InChI is InChI=1S/C22H25N5O4/c1-13(2)20-21(29)27(22(30)26(20)10-16-6-5-7-18(28)8-16)17-9-23-25(11-17)12-19-14(3)24-31-15(19)4/h5-9,11,13,20,28H,10,12H2,1-4H3. The van der Waals surface area contributed by atoms with Crippen molar-refractivity contribution in [3.63, 3.8) is 0 Å². The molecule has 1 unspecified atom stereocenters. The van der Waals surface area contributed by atoms with E-state index in [1.807, 2.05) is 33.8 Å². The van der Waals surface area contributed by atoms with Gasteiger partial charge in [-0.2, -0.15) is 5.10 Å². The second kappa shape index (κ2) is 7.90. The Morgan fingerprint density at radius 1 is 1.19 bits per heavy atom. The topological polar surface area (TPSA) is 105 Å². The van der Waals surface area contributed by atoms with E-state index in [9.17, 15) is 14.7 Å². The van der Waals surface area contributed by atoms with E-state index in [1.165, 1.54) is 11.1 Å². The zero-order valence-corrected chi connectivity index (χ0v) is 17.9. The Hall–Kier alpha value is -3.62. The summed E-state index contributed by atoms with van der Waals surface area (Å²) < 4.78 is 6.85. The summed E-state index contributed by atoms with van der Waals surface area (Å²) in [6.07, 6.45) is 3.19. The molecule has 162 valence electrons. The fraction of sp³-hybridized carbons (Fsp3) is 0.364. The summed E-state index contributed by atoms with van der Waals surface area (Å²) in [5.74, 6) is 0.474. The van der Waals surface area contributed by atoms with Crippen LogP contribution in [0.1, 0.15) is 36.4 Å². The number of phenols is 1. The van der Waals surface area contributed by atoms with Crippen molar-refractivity contribution in [3.8, 4) is 5.75 Å². The number of rotatable bonds is 6. The first-order valence-corrected chi connectivity index (χ1v) is 10.1. The molecule has 0 saturated carbocycles. The number of phenolic OH excluding ortho intramolecular Hbond substituents is 1. The summed E-state index contributed by atoms with van der Waals surface area (Å²) in [6.45, 7) is 8.17. The molecule has 1 fully saturated rings. The number of imide groups is 1. The number of aromatic hydroxyl groups is 1. The van der Waals surface area contributed by atoms with Crippen LogP contribution in [0.4, 0.5) is 10.5 Å². The molecule has 2 aromatic heterocycles. The molecule has 1 atom stereocenters. The minimum Gasteiger partial charge on any atom is -0.508 e. The van der Waals surface area contributed by atoms with E-state index in [0.29, 0.717) is 18.0 Å². The van der Waals surface area contributed by atoms with Crippen molar-refractivity contribution in [2.45, 2.75) is 46.8 Å². The molecule has 1 aliphatic rings. The van der Waals surface area contributed by atoms with Gasteiger partial charge >= 0.3 is 6.03 Å². The van der Waals surface area contributed by atoms with E-state index in [2.05, 4.69) is 10.3 Å². The van der Waals surface area contributed by atoms with Crippen LogP contribution < -0.4 is 4.90 Å². The minimum atomic E-state index is -0.597. The Morgan fingerprint density at radius 3 is 2.61 bits per heavy atom. The monoisotopic (exact) mass is 423 g/mol. The first-order chi connectivity index (χ1) is 14.8. The maximum Gasteiger partial charge on any atom is 0.332 e. The van der Waals surface area contributed by atoms with Gasteiger partial charge in [0.2, 0.25) is 0 Å². The van der Waals surface area contributed by atoms with Crippen LogP contribution in [0, 0.1) is 19.8 Å². The van der Waals surface area contributed by atoms with E-state index >= 15 is 0 Å². The summed E-state index contributed by atoms with van der Waals surface area (Å²) in [6, 6.07) is 5.71. The smallest absolute Gasteiger partial charge is 0.332 e. The third-order valence-electron chi connectivity index (χ3n) is 5.52. The molecule has 3 aromatic rings. The van der Waals surface area contributed by atoms with Gasteiger partial charge in [0.05, 0.1) is 24.1 Å². The van der Waals surface area contributed by atoms with Gasteiger partial charge in [-0.1, -0.05) is 31.1 Å². The fourth-order valence-corrected chi connectivity index (χ4v) is 3.95. The van der Waals surface area contributed by atoms with Gasteiger partial charge in [0.25, 0.3) is 5.91 Å². The molecule has 3 heterocycles. The molecule has 31 heavy (non-hydrogen) atoms. The average molecular weight is 423 g/mol. The Balaban J connectivity index is 1.60. The zero-order valence-electron chi connectivity index (χ0n) is 17.9. The Labute approximate surface area is 179 Å². The van der Waals surface area contributed by atoms with Gasteiger partial charge in [-0.15, -0.1) is 0 Å². The fourth-order valence-electron chi connectivity index (χ4n) is 3.95. The SMILES string of the molecule is Cc1noc(C)c1Cn1cc(N2C(=O)C(C(C)C)N(Cc3cccc(O)c3)C2=O)cn1. The predicted octanol–water partition coefficient (Wildman–Crippen LogP) is 3.24. The van der Waals surface area contributed by atoms with E-state index in [0.717, 1.165) is 16.8 Å². The van der Waals surface area contributed by atoms with Crippen molar-refractivity contribution in [1.29, 1.82) is 0 Å². The first kappa shape index (κ1) is 20.6. The van der Waals surface area contributed by atoms with Gasteiger partial charge in [-0.25, -0.2) is 9.69 Å². The van der Waals surface area contributed by atoms with E-state index in [4.69, 9.17) is 4.52 Å². The molecular weight excluding hydrogens is 398 g/mol. The lowest BCUT2D eigenvalue weighted by molar-refractivity contribution is -0.120. The van der Waals surface area contributed by atoms with Crippen LogP contribution in [0.15, 0.2) is 41.2 Å². The number of hydrogen-bond donors (Lipinski definition) is 1. The highest BCUT2D eigenvalue weighted by atomic mass is 16.5. The quantitative estimate of drug-likeness (QED) is 0.611. The second-order valence-corrected chi connectivity index (χ2v) is 8.14. The van der Waals surface area contributed by atoms with Crippen LogP contribution in [-0.2, 0) is 17.9 Å². The number of aromatic nitrogens is 3. The van der Waals surface area contributed by atoms with Gasteiger partial charge in [-0.3, -0.25) is 9.48 Å². The lowest BCUT2D eigenvalue weighted by Gasteiger charge is -2.24. The number of carbonyl (C=O) groups excluding carboxylic acids is 2. The average Bonchev–Trinajstić information content (AvgIpc) is 3.35. The van der Waals surface area contributed by atoms with E-state index < -0.39 is 12.1 Å². The van der Waals surface area contributed by atoms with Crippen molar-refractivity contribution in [2.75, 3.05) is 4.90 Å². The molecular formula is C22H25N5O4. The number of benzene rings is 1. The normalized spacial score (nSPS) is 16.7. The van der Waals surface area contributed by atoms with Crippen molar-refractivity contribution < 1.29 is 19.2 Å². The molecule has 1 aromatic carbocycles. The number of carbonyl (C=O) groups is 2. The third kappa shape index (κ3) is 3.78. The number of amides is 3. The van der Waals surface area contributed by atoms with Crippen molar-refractivity contribution >= 4 is 17.6 Å². The lowest BCUT2D eigenvalue weighted by Crippen LogP contribution is -2.38. The van der Waals surface area contributed by atoms with Gasteiger partial charge in [0.15, 0.2) is 0 Å². The molecule has 0 bridgehead atoms. The molecule has 1 saturated heterocycles. The number of hydrogen-bond acceptors (Lipinski definition) is 6. The number of nitrogens with zero attached hydrogens (tertiary/aromatic N) is 5. The molecule has 1 N–H and O–H groups in total. The Morgan fingerprint density at radius 2 is 1.97 bits per heavy atom. The number of urea groups is 1. The summed E-state index contributed by atoms with van der Waals surface area (Å²) in [5.41, 5.74) is 2.87. The van der Waals surface area contributed by atoms with Gasteiger partial charge in [-0.05, 0) is 37.5 Å². The van der Waals surface area contributed by atoms with Crippen LogP contribution in [-0.4, -0.2) is 42.9 Å². The molecule has 9 nitrogen and oxygen atoms in total. The molecule has 9 heteroatoms. The highest BCUT2D eigenvalue weighted by Crippen LogP contribution is 2.30. The highest BCUT2D eigenvalue weighted by molar-refractivity contribution is 6.21. The van der Waals surface area contributed by atoms with Crippen molar-refractivity contribution in [3.05, 3.63) is 59.2 Å². The zero-order chi connectivity index (χ0) is 22.3. The van der Waals surface area contributed by atoms with Crippen molar-refractivity contribution in [2.24, 2.45) is 5.92 Å². The number of aryl methyl sites for hydroxylation is 2. The van der Waals surface area contributed by atoms with Gasteiger partial charge in [0.1, 0.15) is 17.6 Å². The molecule has 1 aliphatic heterocycles. The first-order valence-electron chi connectivity index (χ1n) is 10.1. The van der Waals surface area contributed by atoms with E-state index in [-0.39, 0.29) is 24.1 Å². The Kier molecular flexibility index (Phi) is 5.26. The molecule has 0 radical (unpaired) electrons. The summed E-state index contributed by atoms with van der Waals surface area (Å²) >= 11 is 0. The number of anilines is 1. The van der Waals surface area contributed by atoms with Crippen LogP contribution >= 0.6 is 0 Å². The van der Waals surface area contributed by atoms with E-state index in [1.54, 1.807) is 34.0 Å². The minimum absolute atomic E-state index is 0.0730. The summed E-state index contributed by atoms with van der Waals surface area (Å²) in [5, 5.41) is 18.0. The van der Waals surface area contributed by atoms with Crippen LogP contribution in [0.5, 0.6) is 5.75 Å². The maximum absolute atomic E-state index is 13.3. The van der Waals surface area contributed by atoms with Gasteiger partial charge < -0.3 is 14.5 Å². The highest BCUT2D eigenvalue weighted by Gasteiger charge is 2.47.